The minimum Gasteiger partial charge on any atom is -0.367 e. The normalized spacial score (nSPS) is 13.2. The molecule has 106 valence electrons. The molecule has 6 heteroatoms. The number of carbonyl (C=O) groups is 1. The molecular weight excluding hydrogens is 255 g/mol. The fourth-order valence-corrected chi connectivity index (χ4v) is 1.93. The van der Waals surface area contributed by atoms with E-state index in [4.69, 9.17) is 9.79 Å². The van der Waals surface area contributed by atoms with Crippen molar-refractivity contribution < 1.29 is 23.7 Å². The molecule has 0 spiro atoms. The van der Waals surface area contributed by atoms with Crippen LogP contribution in [0.5, 0.6) is 0 Å². The fraction of sp³-hybridized carbons (Fsp3) is 0.750. The van der Waals surface area contributed by atoms with Crippen molar-refractivity contribution in [1.82, 2.24) is 0 Å². The van der Waals surface area contributed by atoms with Gasteiger partial charge in [-0.05, 0) is 32.6 Å². The highest BCUT2D eigenvalue weighted by Crippen LogP contribution is 2.37. The number of rotatable bonds is 8. The molecule has 0 unspecified atom stereocenters. The van der Waals surface area contributed by atoms with Gasteiger partial charge in [-0.2, -0.15) is 0 Å². The molecule has 18 heavy (non-hydrogen) atoms. The molecule has 0 saturated carbocycles. The Labute approximate surface area is 108 Å². The Balaban J connectivity index is 4.85. The molecule has 5 nitrogen and oxygen atoms in total. The average Bonchev–Trinajstić information content (AvgIpc) is 2.24. The lowest BCUT2D eigenvalue weighted by molar-refractivity contribution is -0.131. The molecule has 0 aromatic carbocycles. The van der Waals surface area contributed by atoms with Gasteiger partial charge in [0.25, 0.3) is 0 Å². The SMILES string of the molecule is CCCCC(C)=C(CCCC)C(=O)OP(=O)(O)O. The number of hydrogen-bond donors (Lipinski definition) is 2. The third kappa shape index (κ3) is 7.64. The number of carbonyl (C=O) groups excluding carboxylic acids is 1. The van der Waals surface area contributed by atoms with E-state index in [9.17, 15) is 9.36 Å². The van der Waals surface area contributed by atoms with Crippen LogP contribution in [0.1, 0.15) is 59.3 Å². The molecule has 0 aliphatic rings. The molecule has 0 aliphatic carbocycles. The van der Waals surface area contributed by atoms with Crippen LogP contribution in [-0.2, 0) is 13.9 Å². The van der Waals surface area contributed by atoms with Crippen LogP contribution in [-0.4, -0.2) is 15.8 Å². The van der Waals surface area contributed by atoms with Crippen LogP contribution < -0.4 is 0 Å². The van der Waals surface area contributed by atoms with Gasteiger partial charge in [-0.1, -0.05) is 32.3 Å². The molecule has 0 aromatic heterocycles. The minimum absolute atomic E-state index is 0.411. The van der Waals surface area contributed by atoms with Gasteiger partial charge in [-0.25, -0.2) is 9.36 Å². The third-order valence-electron chi connectivity index (χ3n) is 2.65. The van der Waals surface area contributed by atoms with E-state index >= 15 is 0 Å². The van der Waals surface area contributed by atoms with Crippen LogP contribution in [0.3, 0.4) is 0 Å². The second-order valence-electron chi connectivity index (χ2n) is 4.34. The summed E-state index contributed by atoms with van der Waals surface area (Å²) in [5, 5.41) is 0. The Bertz CT molecular complexity index is 342. The van der Waals surface area contributed by atoms with Crippen molar-refractivity contribution in [3.8, 4) is 0 Å². The van der Waals surface area contributed by atoms with Crippen LogP contribution in [0.4, 0.5) is 0 Å². The molecule has 0 amide bonds. The van der Waals surface area contributed by atoms with Crippen LogP contribution in [0, 0.1) is 0 Å². The maximum Gasteiger partial charge on any atom is 0.527 e. The summed E-state index contributed by atoms with van der Waals surface area (Å²) >= 11 is 0. The Morgan fingerprint density at radius 2 is 1.61 bits per heavy atom. The molecule has 0 rings (SSSR count). The van der Waals surface area contributed by atoms with Gasteiger partial charge in [0.05, 0.1) is 0 Å². The summed E-state index contributed by atoms with van der Waals surface area (Å²) in [7, 11) is -4.76. The Hall–Kier alpha value is -0.640. The summed E-state index contributed by atoms with van der Waals surface area (Å²) < 4.78 is 14.9. The maximum atomic E-state index is 11.7. The molecule has 0 saturated heterocycles. The number of phosphoric ester groups is 1. The van der Waals surface area contributed by atoms with Gasteiger partial charge in [0.15, 0.2) is 0 Å². The van der Waals surface area contributed by atoms with E-state index in [1.807, 2.05) is 20.8 Å². The summed E-state index contributed by atoms with van der Waals surface area (Å²) in [6, 6.07) is 0. The topological polar surface area (TPSA) is 83.8 Å². The second-order valence-corrected chi connectivity index (χ2v) is 5.50. The first-order chi connectivity index (χ1) is 8.31. The van der Waals surface area contributed by atoms with Gasteiger partial charge in [0, 0.05) is 5.57 Å². The van der Waals surface area contributed by atoms with E-state index in [2.05, 4.69) is 4.52 Å². The van der Waals surface area contributed by atoms with Crippen LogP contribution in [0.2, 0.25) is 0 Å². The fourth-order valence-electron chi connectivity index (χ4n) is 1.60. The molecule has 2 N–H and O–H groups in total. The average molecular weight is 278 g/mol. The quantitative estimate of drug-likeness (QED) is 0.525. The van der Waals surface area contributed by atoms with E-state index < -0.39 is 13.8 Å². The predicted molar refractivity (Wildman–Crippen MR) is 69.9 cm³/mol. The van der Waals surface area contributed by atoms with E-state index in [1.165, 1.54) is 0 Å². The molecule has 0 atom stereocenters. The first kappa shape index (κ1) is 17.4. The Morgan fingerprint density at radius 1 is 1.11 bits per heavy atom. The van der Waals surface area contributed by atoms with Gasteiger partial charge in [0.2, 0.25) is 0 Å². The Morgan fingerprint density at radius 3 is 2.06 bits per heavy atom. The monoisotopic (exact) mass is 278 g/mol. The largest absolute Gasteiger partial charge is 0.527 e. The lowest BCUT2D eigenvalue weighted by Gasteiger charge is -2.12. The van der Waals surface area contributed by atoms with E-state index in [-0.39, 0.29) is 0 Å². The van der Waals surface area contributed by atoms with Crippen molar-refractivity contribution in [2.75, 3.05) is 0 Å². The number of phosphoric acid groups is 1. The molecule has 0 radical (unpaired) electrons. The van der Waals surface area contributed by atoms with Crippen molar-refractivity contribution in [1.29, 1.82) is 0 Å². The highest BCUT2D eigenvalue weighted by atomic mass is 31.2. The summed E-state index contributed by atoms with van der Waals surface area (Å²) in [4.78, 5) is 29.0. The highest BCUT2D eigenvalue weighted by Gasteiger charge is 2.24. The number of allylic oxidation sites excluding steroid dienone is 1. The van der Waals surface area contributed by atoms with Crippen molar-refractivity contribution in [3.05, 3.63) is 11.1 Å². The van der Waals surface area contributed by atoms with Gasteiger partial charge in [0.1, 0.15) is 0 Å². The first-order valence-corrected chi connectivity index (χ1v) is 7.83. The predicted octanol–water partition coefficient (Wildman–Crippen LogP) is 3.32. The minimum atomic E-state index is -4.76. The number of unbranched alkanes of at least 4 members (excludes halogenated alkanes) is 2. The van der Waals surface area contributed by atoms with E-state index in [1.54, 1.807) is 0 Å². The summed E-state index contributed by atoms with van der Waals surface area (Å²) in [6.07, 6.45) is 4.93. The van der Waals surface area contributed by atoms with Crippen LogP contribution in [0.25, 0.3) is 0 Å². The highest BCUT2D eigenvalue weighted by molar-refractivity contribution is 7.46. The summed E-state index contributed by atoms with van der Waals surface area (Å²) in [5.74, 6) is -0.884. The lowest BCUT2D eigenvalue weighted by atomic mass is 9.99. The van der Waals surface area contributed by atoms with Gasteiger partial charge < -0.3 is 4.52 Å². The molecule has 0 fully saturated rings. The van der Waals surface area contributed by atoms with E-state index in [0.717, 1.165) is 37.7 Å². The summed E-state index contributed by atoms with van der Waals surface area (Å²) in [5.41, 5.74) is 1.28. The molecule has 0 aromatic rings. The van der Waals surface area contributed by atoms with Crippen molar-refractivity contribution >= 4 is 13.8 Å². The van der Waals surface area contributed by atoms with Crippen molar-refractivity contribution in [2.45, 2.75) is 59.3 Å². The van der Waals surface area contributed by atoms with E-state index in [0.29, 0.717) is 12.0 Å². The zero-order valence-electron chi connectivity index (χ0n) is 11.3. The van der Waals surface area contributed by atoms with Crippen LogP contribution >= 0.6 is 7.82 Å². The van der Waals surface area contributed by atoms with Gasteiger partial charge in [-0.15, -0.1) is 0 Å². The standard InChI is InChI=1S/C12H23O5P/c1-4-6-8-10(3)11(9-7-5-2)12(13)17-18(14,15)16/h4-9H2,1-3H3,(H2,14,15,16). The molecular formula is C12H23O5P. The van der Waals surface area contributed by atoms with Crippen molar-refractivity contribution in [2.24, 2.45) is 0 Å². The second kappa shape index (κ2) is 8.46. The maximum absolute atomic E-state index is 11.7. The lowest BCUT2D eigenvalue weighted by Crippen LogP contribution is -2.09. The van der Waals surface area contributed by atoms with Crippen LogP contribution in [0.15, 0.2) is 11.1 Å². The zero-order valence-corrected chi connectivity index (χ0v) is 12.2. The molecule has 0 heterocycles. The van der Waals surface area contributed by atoms with Gasteiger partial charge >= 0.3 is 13.8 Å². The third-order valence-corrected chi connectivity index (χ3v) is 3.05. The number of hydrogen-bond acceptors (Lipinski definition) is 3. The van der Waals surface area contributed by atoms with Gasteiger partial charge in [-0.3, -0.25) is 9.79 Å². The molecule has 0 aliphatic heterocycles. The zero-order chi connectivity index (χ0) is 14.2. The molecule has 0 bridgehead atoms. The van der Waals surface area contributed by atoms with Crippen molar-refractivity contribution in [3.63, 3.8) is 0 Å². The smallest absolute Gasteiger partial charge is 0.367 e. The Kier molecular flexibility index (Phi) is 8.16. The first-order valence-electron chi connectivity index (χ1n) is 6.29. The summed E-state index contributed by atoms with van der Waals surface area (Å²) in [6.45, 7) is 5.86.